The molecule has 4 rings (SSSR count). The molecule has 0 spiro atoms. The maximum Gasteiger partial charge on any atom is 0.228 e. The molecule has 6 heteroatoms. The summed E-state index contributed by atoms with van der Waals surface area (Å²) < 4.78 is 5.84. The Bertz CT molecular complexity index is 1230. The third-order valence-electron chi connectivity index (χ3n) is 6.02. The van der Waals surface area contributed by atoms with Crippen molar-refractivity contribution < 1.29 is 9.53 Å². The average molecular weight is 470 g/mol. The van der Waals surface area contributed by atoms with E-state index in [0.29, 0.717) is 33.6 Å². The topological polar surface area (TPSA) is 85.9 Å². The first-order valence-corrected chi connectivity index (χ1v) is 11.7. The molecule has 3 aromatic carbocycles. The van der Waals surface area contributed by atoms with Gasteiger partial charge in [0.25, 0.3) is 0 Å². The largest absolute Gasteiger partial charge is 0.456 e. The summed E-state index contributed by atoms with van der Waals surface area (Å²) in [6, 6.07) is 21.9. The number of ether oxygens (including phenoxy) is 1. The Balaban J connectivity index is 1.41. The lowest BCUT2D eigenvalue weighted by atomic mass is 9.84. The molecule has 0 saturated heterocycles. The number of hydrogen-bond acceptors (Lipinski definition) is 4. The Morgan fingerprint density at radius 1 is 0.941 bits per heavy atom. The van der Waals surface area contributed by atoms with E-state index in [9.17, 15) is 4.79 Å². The van der Waals surface area contributed by atoms with Crippen LogP contribution in [0, 0.1) is 22.7 Å². The van der Waals surface area contributed by atoms with Crippen LogP contribution >= 0.6 is 11.6 Å². The predicted octanol–water partition coefficient (Wildman–Crippen LogP) is 7.10. The molecular weight excluding hydrogens is 446 g/mol. The Morgan fingerprint density at radius 2 is 1.62 bits per heavy atom. The van der Waals surface area contributed by atoms with E-state index in [1.165, 1.54) is 55.9 Å². The van der Waals surface area contributed by atoms with Gasteiger partial charge in [0.05, 0.1) is 34.7 Å². The van der Waals surface area contributed by atoms with E-state index in [0.717, 1.165) is 11.3 Å². The first-order chi connectivity index (χ1) is 16.5. The van der Waals surface area contributed by atoms with E-state index in [1.54, 1.807) is 18.2 Å². The Kier molecular flexibility index (Phi) is 7.48. The quantitative estimate of drug-likeness (QED) is 0.417. The van der Waals surface area contributed by atoms with Gasteiger partial charge in [0.2, 0.25) is 5.91 Å². The van der Waals surface area contributed by atoms with Crippen molar-refractivity contribution in [3.05, 3.63) is 87.9 Å². The first kappa shape index (κ1) is 23.4. The van der Waals surface area contributed by atoms with Crippen molar-refractivity contribution in [2.75, 3.05) is 5.32 Å². The average Bonchev–Trinajstić information content (AvgIpc) is 2.86. The third kappa shape index (κ3) is 5.95. The molecule has 0 bridgehead atoms. The van der Waals surface area contributed by atoms with Gasteiger partial charge in [-0.15, -0.1) is 0 Å². The van der Waals surface area contributed by atoms with Gasteiger partial charge in [-0.1, -0.05) is 49.1 Å². The van der Waals surface area contributed by atoms with Gasteiger partial charge in [-0.3, -0.25) is 4.79 Å². The summed E-state index contributed by atoms with van der Waals surface area (Å²) in [5, 5.41) is 21.6. The van der Waals surface area contributed by atoms with Crippen LogP contribution in [-0.2, 0) is 11.2 Å². The minimum Gasteiger partial charge on any atom is -0.456 e. The van der Waals surface area contributed by atoms with Gasteiger partial charge in [-0.2, -0.15) is 10.5 Å². The number of hydrogen-bond donors (Lipinski definition) is 1. The molecule has 1 amide bonds. The summed E-state index contributed by atoms with van der Waals surface area (Å²) in [6.45, 7) is 0. The van der Waals surface area contributed by atoms with Crippen LogP contribution in [0.1, 0.15) is 60.3 Å². The van der Waals surface area contributed by atoms with Crippen LogP contribution in [0.2, 0.25) is 5.02 Å². The Morgan fingerprint density at radius 3 is 2.26 bits per heavy atom. The van der Waals surface area contributed by atoms with E-state index in [-0.39, 0.29) is 12.3 Å². The fraction of sp³-hybridized carbons (Fsp3) is 0.250. The maximum absolute atomic E-state index is 12.6. The van der Waals surface area contributed by atoms with Crippen LogP contribution in [0.3, 0.4) is 0 Å². The van der Waals surface area contributed by atoms with Gasteiger partial charge in [0.1, 0.15) is 11.5 Å². The second-order valence-electron chi connectivity index (χ2n) is 8.52. The second kappa shape index (κ2) is 10.9. The standard InChI is InChI=1S/C28H24ClN3O2/c29-26-11-6-19(15-27(26)34-25-13-20(17-30)12-21(14-25)18-31)16-28(33)32-24-9-7-23(8-10-24)22-4-2-1-3-5-22/h6-15,22H,1-5,16H2,(H,32,33). The number of anilines is 1. The van der Waals surface area contributed by atoms with E-state index in [1.807, 2.05) is 24.3 Å². The minimum absolute atomic E-state index is 0.142. The smallest absolute Gasteiger partial charge is 0.228 e. The lowest BCUT2D eigenvalue weighted by Crippen LogP contribution is -2.14. The molecule has 1 saturated carbocycles. The molecule has 1 aliphatic rings. The van der Waals surface area contributed by atoms with Crippen molar-refractivity contribution >= 4 is 23.2 Å². The summed E-state index contributed by atoms with van der Waals surface area (Å²) in [5.41, 5.74) is 3.47. The van der Waals surface area contributed by atoms with Crippen LogP contribution in [-0.4, -0.2) is 5.91 Å². The highest BCUT2D eigenvalue weighted by atomic mass is 35.5. The molecule has 5 nitrogen and oxygen atoms in total. The van der Waals surface area contributed by atoms with Crippen LogP contribution < -0.4 is 10.1 Å². The van der Waals surface area contributed by atoms with Crippen molar-refractivity contribution in [2.45, 2.75) is 44.4 Å². The van der Waals surface area contributed by atoms with Crippen LogP contribution in [0.5, 0.6) is 11.5 Å². The Labute approximate surface area is 204 Å². The Hall–Kier alpha value is -3.80. The molecule has 1 fully saturated rings. The number of halogens is 1. The number of carbonyl (C=O) groups is 1. The summed E-state index contributed by atoms with van der Waals surface area (Å²) >= 11 is 6.28. The van der Waals surface area contributed by atoms with Crippen molar-refractivity contribution in [1.29, 1.82) is 10.5 Å². The molecular formula is C28H24ClN3O2. The third-order valence-corrected chi connectivity index (χ3v) is 6.34. The SMILES string of the molecule is N#Cc1cc(C#N)cc(Oc2cc(CC(=O)Nc3ccc(C4CCCCC4)cc3)ccc2Cl)c1. The number of rotatable bonds is 6. The highest BCUT2D eigenvalue weighted by Crippen LogP contribution is 2.33. The zero-order chi connectivity index (χ0) is 23.9. The van der Waals surface area contributed by atoms with Gasteiger partial charge in [-0.05, 0) is 72.4 Å². The van der Waals surface area contributed by atoms with Gasteiger partial charge >= 0.3 is 0 Å². The van der Waals surface area contributed by atoms with Crippen molar-refractivity contribution in [2.24, 2.45) is 0 Å². The highest BCUT2D eigenvalue weighted by Gasteiger charge is 2.15. The lowest BCUT2D eigenvalue weighted by Gasteiger charge is -2.22. The van der Waals surface area contributed by atoms with Gasteiger partial charge in [0.15, 0.2) is 0 Å². The van der Waals surface area contributed by atoms with Gasteiger partial charge in [0, 0.05) is 5.69 Å². The number of nitriles is 2. The van der Waals surface area contributed by atoms with Crippen molar-refractivity contribution in [3.63, 3.8) is 0 Å². The molecule has 0 radical (unpaired) electrons. The molecule has 1 aliphatic carbocycles. The van der Waals surface area contributed by atoms with E-state index < -0.39 is 0 Å². The highest BCUT2D eigenvalue weighted by molar-refractivity contribution is 6.32. The zero-order valence-corrected chi connectivity index (χ0v) is 19.4. The number of nitrogens with one attached hydrogen (secondary N) is 1. The lowest BCUT2D eigenvalue weighted by molar-refractivity contribution is -0.115. The molecule has 1 N–H and O–H groups in total. The zero-order valence-electron chi connectivity index (χ0n) is 18.7. The van der Waals surface area contributed by atoms with Gasteiger partial charge < -0.3 is 10.1 Å². The summed E-state index contributed by atoms with van der Waals surface area (Å²) in [4.78, 5) is 12.6. The molecule has 170 valence electrons. The summed E-state index contributed by atoms with van der Waals surface area (Å²) in [6.07, 6.45) is 6.55. The van der Waals surface area contributed by atoms with E-state index >= 15 is 0 Å². The molecule has 0 heterocycles. The molecule has 0 aromatic heterocycles. The van der Waals surface area contributed by atoms with E-state index in [2.05, 4.69) is 17.4 Å². The van der Waals surface area contributed by atoms with Crippen LogP contribution in [0.15, 0.2) is 60.7 Å². The number of nitrogens with zero attached hydrogens (tertiary/aromatic N) is 2. The maximum atomic E-state index is 12.6. The van der Waals surface area contributed by atoms with Crippen LogP contribution in [0.25, 0.3) is 0 Å². The molecule has 0 unspecified atom stereocenters. The first-order valence-electron chi connectivity index (χ1n) is 11.4. The van der Waals surface area contributed by atoms with Gasteiger partial charge in [-0.25, -0.2) is 0 Å². The molecule has 3 aromatic rings. The summed E-state index contributed by atoms with van der Waals surface area (Å²) in [7, 11) is 0. The number of benzene rings is 3. The fourth-order valence-electron chi connectivity index (χ4n) is 4.32. The molecule has 0 atom stereocenters. The normalized spacial score (nSPS) is 13.5. The predicted molar refractivity (Wildman–Crippen MR) is 132 cm³/mol. The van der Waals surface area contributed by atoms with Crippen LogP contribution in [0.4, 0.5) is 5.69 Å². The second-order valence-corrected chi connectivity index (χ2v) is 8.93. The minimum atomic E-state index is -0.142. The monoisotopic (exact) mass is 469 g/mol. The summed E-state index contributed by atoms with van der Waals surface area (Å²) in [5.74, 6) is 1.17. The number of carbonyl (C=O) groups excluding carboxylic acids is 1. The van der Waals surface area contributed by atoms with Crippen molar-refractivity contribution in [3.8, 4) is 23.6 Å². The van der Waals surface area contributed by atoms with E-state index in [4.69, 9.17) is 26.9 Å². The fourth-order valence-corrected chi connectivity index (χ4v) is 4.47. The number of amides is 1. The van der Waals surface area contributed by atoms with Crippen molar-refractivity contribution in [1.82, 2.24) is 0 Å². The molecule has 0 aliphatic heterocycles. The molecule has 34 heavy (non-hydrogen) atoms.